The van der Waals surface area contributed by atoms with Crippen molar-refractivity contribution in [2.75, 3.05) is 0 Å². The first kappa shape index (κ1) is 21.5. The fourth-order valence-electron chi connectivity index (χ4n) is 2.78. The predicted molar refractivity (Wildman–Crippen MR) is 88.4 cm³/mol. The number of hydroxylamine groups is 1. The van der Waals surface area contributed by atoms with Crippen LogP contribution in [0, 0.1) is 0 Å². The van der Waals surface area contributed by atoms with Gasteiger partial charge in [0.15, 0.2) is 0 Å². The lowest BCUT2D eigenvalue weighted by atomic mass is 9.97. The summed E-state index contributed by atoms with van der Waals surface area (Å²) in [7, 11) is 0. The monoisotopic (exact) mass is 401 g/mol. The fraction of sp³-hybridized carbons (Fsp3) is 0.412. The van der Waals surface area contributed by atoms with Gasteiger partial charge in [-0.1, -0.05) is 18.9 Å². The van der Waals surface area contributed by atoms with E-state index in [1.807, 2.05) is 0 Å². The van der Waals surface area contributed by atoms with E-state index in [1.54, 1.807) is 12.1 Å². The molecule has 1 aromatic rings. The number of hydrogen-bond acceptors (Lipinski definition) is 7. The normalized spacial score (nSPS) is 16.1. The summed E-state index contributed by atoms with van der Waals surface area (Å²) >= 11 is 0. The Morgan fingerprint density at radius 3 is 2.46 bits per heavy atom. The van der Waals surface area contributed by atoms with E-state index in [-0.39, 0.29) is 19.4 Å². The van der Waals surface area contributed by atoms with Crippen LogP contribution in [0.4, 0.5) is 13.2 Å². The molecule has 0 aromatic carbocycles. The zero-order valence-corrected chi connectivity index (χ0v) is 14.6. The summed E-state index contributed by atoms with van der Waals surface area (Å²) < 4.78 is 41.1. The molecule has 0 atom stereocenters. The molecule has 11 heteroatoms. The van der Waals surface area contributed by atoms with E-state index >= 15 is 0 Å². The van der Waals surface area contributed by atoms with E-state index in [0.717, 1.165) is 6.08 Å². The maximum absolute atomic E-state index is 12.3. The van der Waals surface area contributed by atoms with Crippen LogP contribution in [0.1, 0.15) is 36.9 Å². The average Bonchev–Trinajstić information content (AvgIpc) is 3.14. The number of nitrogens with one attached hydrogen (secondary N) is 2. The molecule has 0 unspecified atom stereocenters. The summed E-state index contributed by atoms with van der Waals surface area (Å²) in [5.74, 6) is -4.49. The van der Waals surface area contributed by atoms with Crippen LogP contribution in [0.5, 0.6) is 0 Å². The number of halogens is 3. The van der Waals surface area contributed by atoms with Gasteiger partial charge < -0.3 is 4.74 Å². The second-order valence-electron chi connectivity index (χ2n) is 6.22. The highest BCUT2D eigenvalue weighted by molar-refractivity contribution is 5.93. The molecule has 152 valence electrons. The van der Waals surface area contributed by atoms with Gasteiger partial charge in [-0.05, 0) is 30.5 Å². The minimum absolute atomic E-state index is 0.115. The number of alkyl halides is 3. The van der Waals surface area contributed by atoms with E-state index in [9.17, 15) is 27.6 Å². The number of carbonyl (C=O) groups excluding carboxylic acids is 3. The highest BCUT2D eigenvalue weighted by Gasteiger charge is 2.48. The average molecular weight is 401 g/mol. The molecule has 2 rings (SSSR count). The fourth-order valence-corrected chi connectivity index (χ4v) is 2.78. The van der Waals surface area contributed by atoms with Gasteiger partial charge in [-0.2, -0.15) is 13.2 Å². The molecule has 0 aliphatic heterocycles. The molecule has 0 spiro atoms. The highest BCUT2D eigenvalue weighted by Crippen LogP contribution is 2.32. The van der Waals surface area contributed by atoms with Crippen molar-refractivity contribution in [2.45, 2.75) is 43.9 Å². The number of nitrogens with zero attached hydrogens (tertiary/aromatic N) is 1. The van der Waals surface area contributed by atoms with Crippen LogP contribution in [0.3, 0.4) is 0 Å². The summed E-state index contributed by atoms with van der Waals surface area (Å²) in [4.78, 5) is 38.1. The van der Waals surface area contributed by atoms with Crippen LogP contribution < -0.4 is 10.8 Å². The number of carbonyl (C=O) groups is 3. The van der Waals surface area contributed by atoms with Crippen molar-refractivity contribution in [3.8, 4) is 0 Å². The first-order valence-electron chi connectivity index (χ1n) is 8.32. The number of esters is 2. The molecule has 0 bridgehead atoms. The van der Waals surface area contributed by atoms with Gasteiger partial charge in [0.2, 0.25) is 0 Å². The summed E-state index contributed by atoms with van der Waals surface area (Å²) in [6, 6.07) is 3.22. The molecule has 8 nitrogen and oxygen atoms in total. The molecule has 1 aliphatic rings. The smallest absolute Gasteiger partial charge is 0.385 e. The third-order valence-electron chi connectivity index (χ3n) is 4.26. The standard InChI is InChI=1S/C17H18F3N3O5/c18-17(19,20)15(26)28-14(25)16(7-1-2-8-16)22-10-11-3-4-12(21-9-11)5-6-13(24)23-27/h3-6,9,22,27H,1-2,7-8,10H2,(H,23,24)/b6-5+. The first-order chi connectivity index (χ1) is 13.2. The van der Waals surface area contributed by atoms with Crippen LogP contribution in [0.2, 0.25) is 0 Å². The van der Waals surface area contributed by atoms with Crippen molar-refractivity contribution in [1.82, 2.24) is 15.8 Å². The zero-order valence-electron chi connectivity index (χ0n) is 14.6. The van der Waals surface area contributed by atoms with Gasteiger partial charge in [-0.3, -0.25) is 20.3 Å². The molecule has 3 N–H and O–H groups in total. The largest absolute Gasteiger partial charge is 0.491 e. The van der Waals surface area contributed by atoms with Crippen LogP contribution >= 0.6 is 0 Å². The number of aromatic nitrogens is 1. The molecule has 28 heavy (non-hydrogen) atoms. The Labute approximate surface area is 157 Å². The van der Waals surface area contributed by atoms with E-state index in [0.29, 0.717) is 24.1 Å². The summed E-state index contributed by atoms with van der Waals surface area (Å²) in [6.45, 7) is 0.115. The molecule has 0 saturated heterocycles. The Hall–Kier alpha value is -2.79. The molecule has 1 aromatic heterocycles. The topological polar surface area (TPSA) is 118 Å². The zero-order chi connectivity index (χ0) is 20.8. The lowest BCUT2D eigenvalue weighted by molar-refractivity contribution is -0.204. The molecule has 1 amide bonds. The van der Waals surface area contributed by atoms with Crippen molar-refractivity contribution in [3.63, 3.8) is 0 Å². The van der Waals surface area contributed by atoms with E-state index in [4.69, 9.17) is 5.21 Å². The maximum Gasteiger partial charge on any atom is 0.491 e. The third kappa shape index (κ3) is 5.60. The quantitative estimate of drug-likeness (QED) is 0.218. The summed E-state index contributed by atoms with van der Waals surface area (Å²) in [5.41, 5.74) is 1.13. The van der Waals surface area contributed by atoms with Gasteiger partial charge in [0.1, 0.15) is 5.54 Å². The molecule has 1 saturated carbocycles. The Morgan fingerprint density at radius 1 is 1.25 bits per heavy atom. The van der Waals surface area contributed by atoms with Crippen LogP contribution in [-0.4, -0.2) is 39.8 Å². The molecule has 0 radical (unpaired) electrons. The lowest BCUT2D eigenvalue weighted by Crippen LogP contribution is -2.51. The number of ether oxygens (including phenoxy) is 1. The second-order valence-corrected chi connectivity index (χ2v) is 6.22. The van der Waals surface area contributed by atoms with Crippen molar-refractivity contribution >= 4 is 23.9 Å². The first-order valence-corrected chi connectivity index (χ1v) is 8.32. The SMILES string of the molecule is O=C(/C=C/c1ccc(CNC2(C(=O)OC(=O)C(F)(F)F)CCCC2)cn1)NO. The highest BCUT2D eigenvalue weighted by atomic mass is 19.4. The van der Waals surface area contributed by atoms with Crippen molar-refractivity contribution in [3.05, 3.63) is 35.7 Å². The van der Waals surface area contributed by atoms with Gasteiger partial charge in [0.25, 0.3) is 5.91 Å². The van der Waals surface area contributed by atoms with Crippen LogP contribution in [-0.2, 0) is 25.7 Å². The molecule has 1 aliphatic carbocycles. The van der Waals surface area contributed by atoms with E-state index < -0.39 is 29.6 Å². The number of pyridine rings is 1. The number of rotatable bonds is 6. The third-order valence-corrected chi connectivity index (χ3v) is 4.26. The minimum atomic E-state index is -5.24. The van der Waals surface area contributed by atoms with E-state index in [1.165, 1.54) is 17.8 Å². The molecular formula is C17H18F3N3O5. The lowest BCUT2D eigenvalue weighted by Gasteiger charge is -2.27. The molecule has 1 heterocycles. The molecular weight excluding hydrogens is 383 g/mol. The summed E-state index contributed by atoms with van der Waals surface area (Å²) in [6.07, 6.45) is 0.369. The Kier molecular flexibility index (Phi) is 6.86. The predicted octanol–water partition coefficient (Wildman–Crippen LogP) is 1.63. The number of hydrogen-bond donors (Lipinski definition) is 3. The van der Waals surface area contributed by atoms with Gasteiger partial charge in [-0.15, -0.1) is 0 Å². The summed E-state index contributed by atoms with van der Waals surface area (Å²) in [5, 5.41) is 11.3. The second kappa shape index (κ2) is 8.93. The van der Waals surface area contributed by atoms with Crippen LogP contribution in [0.15, 0.2) is 24.4 Å². The van der Waals surface area contributed by atoms with E-state index in [2.05, 4.69) is 15.0 Å². The van der Waals surface area contributed by atoms with Crippen molar-refractivity contribution in [2.24, 2.45) is 0 Å². The van der Waals surface area contributed by atoms with Crippen LogP contribution in [0.25, 0.3) is 6.08 Å². The van der Waals surface area contributed by atoms with Gasteiger partial charge >= 0.3 is 18.1 Å². The van der Waals surface area contributed by atoms with Crippen molar-refractivity contribution in [1.29, 1.82) is 0 Å². The van der Waals surface area contributed by atoms with Gasteiger partial charge in [0, 0.05) is 18.8 Å². The van der Waals surface area contributed by atoms with Crippen molar-refractivity contribution < 1.29 is 37.5 Å². The Balaban J connectivity index is 2.01. The Morgan fingerprint density at radius 2 is 1.93 bits per heavy atom. The van der Waals surface area contributed by atoms with Gasteiger partial charge in [-0.25, -0.2) is 15.1 Å². The molecule has 1 fully saturated rings. The van der Waals surface area contributed by atoms with Gasteiger partial charge in [0.05, 0.1) is 5.69 Å². The maximum atomic E-state index is 12.3. The Bertz CT molecular complexity index is 756. The minimum Gasteiger partial charge on any atom is -0.385 e. The number of amides is 1.